The fourth-order valence-corrected chi connectivity index (χ4v) is 5.56. The van der Waals surface area contributed by atoms with Crippen molar-refractivity contribution in [3.05, 3.63) is 97.7 Å². The van der Waals surface area contributed by atoms with Crippen LogP contribution < -0.4 is 9.64 Å². The van der Waals surface area contributed by atoms with Crippen molar-refractivity contribution in [3.8, 4) is 28.8 Å². The van der Waals surface area contributed by atoms with Gasteiger partial charge in [-0.15, -0.1) is 0 Å². The predicted molar refractivity (Wildman–Crippen MR) is 178 cm³/mol. The molecule has 1 aliphatic carbocycles. The van der Waals surface area contributed by atoms with Gasteiger partial charge in [0.15, 0.2) is 0 Å². The molecule has 1 amide bonds. The molecule has 0 aliphatic heterocycles. The van der Waals surface area contributed by atoms with Crippen LogP contribution in [0.3, 0.4) is 0 Å². The van der Waals surface area contributed by atoms with E-state index in [4.69, 9.17) is 48.8 Å². The molecule has 4 aromatic rings. The Kier molecular flexibility index (Phi) is 9.88. The number of carboxylic acid groups (broad SMARTS) is 1. The van der Waals surface area contributed by atoms with Crippen molar-refractivity contribution in [2.75, 3.05) is 11.4 Å². The molecule has 1 aromatic heterocycles. The Morgan fingerprint density at radius 1 is 1.02 bits per heavy atom. The number of anilines is 1. The van der Waals surface area contributed by atoms with Crippen molar-refractivity contribution in [3.63, 3.8) is 0 Å². The van der Waals surface area contributed by atoms with E-state index in [0.717, 1.165) is 24.2 Å². The molecule has 238 valence electrons. The van der Waals surface area contributed by atoms with Gasteiger partial charge in [-0.2, -0.15) is 0 Å². The Morgan fingerprint density at radius 2 is 1.74 bits per heavy atom. The van der Waals surface area contributed by atoms with Crippen LogP contribution in [0, 0.1) is 11.8 Å². The van der Waals surface area contributed by atoms with Crippen LogP contribution >= 0.6 is 34.8 Å². The summed E-state index contributed by atoms with van der Waals surface area (Å²) in [4.78, 5) is 26.1. The van der Waals surface area contributed by atoms with Crippen LogP contribution in [0.5, 0.6) is 5.75 Å². The number of hydrogen-bond acceptors (Lipinski definition) is 6. The molecule has 1 aliphatic rings. The van der Waals surface area contributed by atoms with Crippen LogP contribution in [0.1, 0.15) is 79.3 Å². The summed E-state index contributed by atoms with van der Waals surface area (Å²) >= 11 is 19.5. The molecule has 0 unspecified atom stereocenters. The van der Waals surface area contributed by atoms with E-state index in [0.29, 0.717) is 43.2 Å². The number of carbonyl (C=O) groups excluding carboxylic acids is 1. The normalized spacial score (nSPS) is 12.7. The number of hydrogen-bond donors (Lipinski definition) is 1. The van der Waals surface area contributed by atoms with Gasteiger partial charge in [0.1, 0.15) is 29.4 Å². The molecule has 1 N–H and O–H groups in total. The van der Waals surface area contributed by atoms with Gasteiger partial charge in [0.05, 0.1) is 31.9 Å². The molecule has 0 spiro atoms. The second-order valence-corrected chi connectivity index (χ2v) is 12.9. The largest absolute Gasteiger partial charge is 0.489 e. The van der Waals surface area contributed by atoms with Crippen molar-refractivity contribution < 1.29 is 28.7 Å². The first kappa shape index (κ1) is 33.2. The van der Waals surface area contributed by atoms with Crippen molar-refractivity contribution in [2.45, 2.75) is 58.7 Å². The minimum Gasteiger partial charge on any atom is -0.489 e. The lowest BCUT2D eigenvalue weighted by atomic mass is 10.0. The molecule has 3 aromatic carbocycles. The third-order valence-corrected chi connectivity index (χ3v) is 8.02. The summed E-state index contributed by atoms with van der Waals surface area (Å²) < 4.78 is 17.3. The molecule has 1 saturated carbocycles. The van der Waals surface area contributed by atoms with Crippen molar-refractivity contribution in [2.24, 2.45) is 0 Å². The Morgan fingerprint density at radius 3 is 2.35 bits per heavy atom. The highest BCUT2D eigenvalue weighted by Gasteiger charge is 2.34. The van der Waals surface area contributed by atoms with Crippen LogP contribution in [0.4, 0.5) is 10.5 Å². The number of carbonyl (C=O) groups is 2. The lowest BCUT2D eigenvalue weighted by Crippen LogP contribution is -2.37. The summed E-state index contributed by atoms with van der Waals surface area (Å²) in [6.45, 7) is 7.36. The quantitative estimate of drug-likeness (QED) is 0.185. The summed E-state index contributed by atoms with van der Waals surface area (Å²) in [5.41, 5.74) is 2.28. The summed E-state index contributed by atoms with van der Waals surface area (Å²) in [6.07, 6.45) is 1.38. The predicted octanol–water partition coefficient (Wildman–Crippen LogP) is 9.62. The van der Waals surface area contributed by atoms with E-state index in [-0.39, 0.29) is 30.3 Å². The van der Waals surface area contributed by atoms with E-state index in [9.17, 15) is 14.7 Å². The number of benzene rings is 3. The third-order valence-electron chi connectivity index (χ3n) is 7.08. The van der Waals surface area contributed by atoms with E-state index in [1.807, 2.05) is 0 Å². The minimum absolute atomic E-state index is 0.0777. The Bertz CT molecular complexity index is 1840. The maximum absolute atomic E-state index is 12.7. The number of nitrogens with zero attached hydrogens (tertiary/aromatic N) is 2. The van der Waals surface area contributed by atoms with Crippen LogP contribution in [-0.2, 0) is 11.3 Å². The van der Waals surface area contributed by atoms with E-state index in [2.05, 4.69) is 17.0 Å². The van der Waals surface area contributed by atoms with Gasteiger partial charge in [0.25, 0.3) is 0 Å². The highest BCUT2D eigenvalue weighted by molar-refractivity contribution is 6.39. The van der Waals surface area contributed by atoms with E-state index < -0.39 is 17.7 Å². The molecule has 8 nitrogen and oxygen atoms in total. The van der Waals surface area contributed by atoms with Crippen molar-refractivity contribution in [1.82, 2.24) is 5.16 Å². The fourth-order valence-electron chi connectivity index (χ4n) is 4.77. The molecular formula is C35H31Cl3N2O6. The highest BCUT2D eigenvalue weighted by atomic mass is 35.5. The molecule has 46 heavy (non-hydrogen) atoms. The summed E-state index contributed by atoms with van der Waals surface area (Å²) in [7, 11) is 0. The summed E-state index contributed by atoms with van der Waals surface area (Å²) in [5.74, 6) is 6.31. The average molecular weight is 682 g/mol. The SMILES string of the molecule is CCN(C(=O)OC(C)(C)C)c1ccc(C#Cc2ccc(OCc3c(-c4c(Cl)cccc4Cl)noc3C3CC3)cc2Cl)cc1C(=O)O. The average Bonchev–Trinajstić information content (AvgIpc) is 3.75. The van der Waals surface area contributed by atoms with Crippen LogP contribution in [0.2, 0.25) is 15.1 Å². The molecule has 0 bridgehead atoms. The molecule has 5 rings (SSSR count). The lowest BCUT2D eigenvalue weighted by molar-refractivity contribution is 0.0582. The maximum Gasteiger partial charge on any atom is 0.414 e. The Hall–Kier alpha value is -4.16. The van der Waals surface area contributed by atoms with Gasteiger partial charge in [-0.3, -0.25) is 4.90 Å². The number of aromatic carboxylic acids is 1. The molecular weight excluding hydrogens is 651 g/mol. The molecule has 1 heterocycles. The second-order valence-electron chi connectivity index (χ2n) is 11.7. The number of halogens is 3. The first-order chi connectivity index (χ1) is 21.9. The zero-order valence-corrected chi connectivity index (χ0v) is 27.9. The first-order valence-electron chi connectivity index (χ1n) is 14.6. The molecule has 11 heteroatoms. The number of rotatable bonds is 8. The van der Waals surface area contributed by atoms with Crippen LogP contribution in [0.15, 0.2) is 59.1 Å². The standard InChI is InChI=1S/C35H31Cl3N2O6/c1-5-40(34(43)45-35(2,3)4)29-16-10-20(17-24(29)33(41)42)9-11-21-14-15-23(18-28(21)38)44-19-25-31(39-46-32(25)22-12-13-22)30-26(36)7-6-8-27(30)37/h6-8,10,14-18,22H,5,12-13,19H2,1-4H3,(H,41,42). The van der Waals surface area contributed by atoms with Gasteiger partial charge in [0, 0.05) is 35.2 Å². The van der Waals surface area contributed by atoms with Gasteiger partial charge < -0.3 is 19.1 Å². The monoisotopic (exact) mass is 680 g/mol. The Balaban J connectivity index is 1.35. The Labute approximate surface area is 282 Å². The number of amides is 1. The van der Waals surface area contributed by atoms with Crippen LogP contribution in [0.25, 0.3) is 11.3 Å². The minimum atomic E-state index is -1.20. The van der Waals surface area contributed by atoms with E-state index in [1.54, 1.807) is 76.2 Å². The summed E-state index contributed by atoms with van der Waals surface area (Å²) in [6, 6.07) is 15.0. The lowest BCUT2D eigenvalue weighted by Gasteiger charge is -2.27. The number of ether oxygens (including phenoxy) is 2. The van der Waals surface area contributed by atoms with Gasteiger partial charge in [0.2, 0.25) is 0 Å². The number of carboxylic acids is 1. The van der Waals surface area contributed by atoms with Crippen molar-refractivity contribution in [1.29, 1.82) is 0 Å². The molecule has 0 radical (unpaired) electrons. The van der Waals surface area contributed by atoms with Gasteiger partial charge >= 0.3 is 12.1 Å². The smallest absolute Gasteiger partial charge is 0.414 e. The molecule has 0 atom stereocenters. The maximum atomic E-state index is 12.7. The van der Waals surface area contributed by atoms with Gasteiger partial charge in [-0.25, -0.2) is 9.59 Å². The van der Waals surface area contributed by atoms with E-state index >= 15 is 0 Å². The highest BCUT2D eigenvalue weighted by Crippen LogP contribution is 2.46. The first-order valence-corrected chi connectivity index (χ1v) is 15.7. The molecule has 0 saturated heterocycles. The van der Waals surface area contributed by atoms with Gasteiger partial charge in [-0.1, -0.05) is 57.9 Å². The second kappa shape index (κ2) is 13.7. The third kappa shape index (κ3) is 7.61. The zero-order valence-electron chi connectivity index (χ0n) is 25.6. The molecule has 1 fully saturated rings. The van der Waals surface area contributed by atoms with Gasteiger partial charge in [-0.05, 0) is 83.0 Å². The van der Waals surface area contributed by atoms with E-state index in [1.165, 1.54) is 11.0 Å². The number of aromatic nitrogens is 1. The topological polar surface area (TPSA) is 102 Å². The summed E-state index contributed by atoms with van der Waals surface area (Å²) in [5, 5.41) is 15.5. The fraction of sp³-hybridized carbons (Fsp3) is 0.286. The zero-order chi connectivity index (χ0) is 33.2. The van der Waals surface area contributed by atoms with Crippen LogP contribution in [-0.4, -0.2) is 34.5 Å². The van der Waals surface area contributed by atoms with Crippen molar-refractivity contribution >= 4 is 52.6 Å².